The maximum atomic E-state index is 14.1. The number of carbonyl (C=O) groups is 1. The molecule has 198 valence electrons. The number of methoxy groups -OCH3 is 1. The van der Waals surface area contributed by atoms with Gasteiger partial charge in [-0.1, -0.05) is 23.7 Å². The molecule has 0 spiro atoms. The second-order valence-corrected chi connectivity index (χ2v) is 10.0. The molecule has 1 amide bonds. The Hall–Kier alpha value is -4.62. The average Bonchev–Trinajstić information content (AvgIpc) is 3.45. The van der Waals surface area contributed by atoms with Crippen LogP contribution in [-0.4, -0.2) is 46.6 Å². The molecular formula is C28H26ClN7O3. The molecule has 1 unspecified atom stereocenters. The maximum Gasteiger partial charge on any atom is 0.266 e. The summed E-state index contributed by atoms with van der Waals surface area (Å²) >= 11 is 6.16. The maximum absolute atomic E-state index is 14.1. The largest absolute Gasteiger partial charge is 0.480 e. The first-order chi connectivity index (χ1) is 18.7. The number of pyridine rings is 1. The van der Waals surface area contributed by atoms with E-state index in [-0.39, 0.29) is 17.0 Å². The van der Waals surface area contributed by atoms with Crippen molar-refractivity contribution in [2.75, 3.05) is 31.0 Å². The highest BCUT2D eigenvalue weighted by Gasteiger charge is 2.43. The Labute approximate surface area is 230 Å². The minimum absolute atomic E-state index is 0.0225. The molecule has 5 rings (SSSR count). The molecule has 0 saturated heterocycles. The second-order valence-electron chi connectivity index (χ2n) is 9.63. The lowest BCUT2D eigenvalue weighted by molar-refractivity contribution is 0.0993. The van der Waals surface area contributed by atoms with Crippen molar-refractivity contribution in [3.63, 3.8) is 0 Å². The minimum atomic E-state index is -0.564. The summed E-state index contributed by atoms with van der Waals surface area (Å²) in [6, 6.07) is 11.9. The number of hydrogen-bond acceptors (Lipinski definition) is 7. The van der Waals surface area contributed by atoms with Crippen LogP contribution in [0, 0.1) is 11.3 Å². The van der Waals surface area contributed by atoms with Gasteiger partial charge in [0.25, 0.3) is 11.5 Å². The second kappa shape index (κ2) is 9.93. The van der Waals surface area contributed by atoms with Crippen LogP contribution in [0.5, 0.6) is 5.88 Å². The van der Waals surface area contributed by atoms with Crippen LogP contribution in [0.3, 0.4) is 0 Å². The van der Waals surface area contributed by atoms with Gasteiger partial charge in [-0.05, 0) is 43.7 Å². The Morgan fingerprint density at radius 3 is 2.46 bits per heavy atom. The van der Waals surface area contributed by atoms with E-state index in [4.69, 9.17) is 16.3 Å². The number of H-pyrrole nitrogens is 1. The fourth-order valence-electron chi connectivity index (χ4n) is 4.93. The molecule has 0 aliphatic carbocycles. The zero-order valence-corrected chi connectivity index (χ0v) is 22.8. The minimum Gasteiger partial charge on any atom is -0.480 e. The SMILES string of the molecule is COc1nc(N(C)C)ncc1-c1cc2c(n1C(C)C)C(c1ccc(C#N)cc1)N(c1c[nH]c(=O)c(Cl)c1)C2=O. The number of benzene rings is 1. The van der Waals surface area contributed by atoms with Crippen molar-refractivity contribution in [1.29, 1.82) is 5.26 Å². The van der Waals surface area contributed by atoms with Crippen LogP contribution in [0.4, 0.5) is 11.6 Å². The standard InChI is InChI=1S/C28H26ClN7O3/c1-15(2)35-22(20-14-32-28(34(3)4)33-26(20)39-5)11-19-24(35)23(17-8-6-16(12-30)7-9-17)36(27(19)38)18-10-21(29)25(37)31-13-18/h6-11,13-15,23H,1-5H3,(H,31,37). The number of carbonyl (C=O) groups excluding carboxylic acids is 1. The molecule has 4 heterocycles. The third kappa shape index (κ3) is 4.30. The number of anilines is 2. The highest BCUT2D eigenvalue weighted by molar-refractivity contribution is 6.30. The van der Waals surface area contributed by atoms with Gasteiger partial charge in [0.15, 0.2) is 0 Å². The van der Waals surface area contributed by atoms with Gasteiger partial charge in [0.1, 0.15) is 11.1 Å². The number of hydrogen-bond donors (Lipinski definition) is 1. The van der Waals surface area contributed by atoms with Gasteiger partial charge in [-0.3, -0.25) is 14.5 Å². The molecule has 1 aromatic carbocycles. The number of aromatic amines is 1. The molecule has 1 aliphatic rings. The number of halogens is 1. The molecule has 0 radical (unpaired) electrons. The number of nitrogens with one attached hydrogen (secondary N) is 1. The lowest BCUT2D eigenvalue weighted by Crippen LogP contribution is -2.30. The van der Waals surface area contributed by atoms with Crippen LogP contribution < -0.4 is 20.1 Å². The fraction of sp³-hybridized carbons (Fsp3) is 0.250. The van der Waals surface area contributed by atoms with Crippen molar-refractivity contribution in [1.82, 2.24) is 19.5 Å². The quantitative estimate of drug-likeness (QED) is 0.378. The summed E-state index contributed by atoms with van der Waals surface area (Å²) in [5.74, 6) is 0.629. The summed E-state index contributed by atoms with van der Waals surface area (Å²) in [6.07, 6.45) is 3.18. The first kappa shape index (κ1) is 26.0. The van der Waals surface area contributed by atoms with E-state index in [0.717, 1.165) is 17.0 Å². The Bertz CT molecular complexity index is 1680. The Morgan fingerprint density at radius 2 is 1.87 bits per heavy atom. The van der Waals surface area contributed by atoms with Crippen molar-refractivity contribution in [3.05, 3.63) is 86.6 Å². The van der Waals surface area contributed by atoms with Gasteiger partial charge in [-0.2, -0.15) is 10.2 Å². The monoisotopic (exact) mass is 543 g/mol. The van der Waals surface area contributed by atoms with E-state index < -0.39 is 11.6 Å². The van der Waals surface area contributed by atoms with Gasteiger partial charge in [-0.15, -0.1) is 0 Å². The summed E-state index contributed by atoms with van der Waals surface area (Å²) < 4.78 is 7.72. The topological polar surface area (TPSA) is 120 Å². The van der Waals surface area contributed by atoms with E-state index in [9.17, 15) is 14.9 Å². The molecule has 3 aromatic heterocycles. The Balaban J connectivity index is 1.77. The van der Waals surface area contributed by atoms with E-state index >= 15 is 0 Å². The third-order valence-corrected chi connectivity index (χ3v) is 6.93. The predicted octanol–water partition coefficient (Wildman–Crippen LogP) is 4.56. The smallest absolute Gasteiger partial charge is 0.266 e. The molecule has 11 heteroatoms. The van der Waals surface area contributed by atoms with Crippen molar-refractivity contribution in [3.8, 4) is 23.2 Å². The van der Waals surface area contributed by atoms with Crippen LogP contribution in [0.15, 0.2) is 53.6 Å². The van der Waals surface area contributed by atoms with Gasteiger partial charge in [0.2, 0.25) is 11.8 Å². The molecule has 39 heavy (non-hydrogen) atoms. The first-order valence-electron chi connectivity index (χ1n) is 12.2. The molecule has 0 bridgehead atoms. The predicted molar refractivity (Wildman–Crippen MR) is 149 cm³/mol. The van der Waals surface area contributed by atoms with E-state index in [0.29, 0.717) is 34.2 Å². The molecule has 0 saturated carbocycles. The molecule has 10 nitrogen and oxygen atoms in total. The Kier molecular flexibility index (Phi) is 6.62. The van der Waals surface area contributed by atoms with E-state index in [2.05, 4.69) is 25.6 Å². The summed E-state index contributed by atoms with van der Waals surface area (Å²) in [6.45, 7) is 4.07. The normalized spacial score (nSPS) is 14.5. The molecular weight excluding hydrogens is 518 g/mol. The lowest BCUT2D eigenvalue weighted by Gasteiger charge is -2.29. The van der Waals surface area contributed by atoms with E-state index in [1.165, 1.54) is 12.3 Å². The summed E-state index contributed by atoms with van der Waals surface area (Å²) in [7, 11) is 5.24. The van der Waals surface area contributed by atoms with Crippen LogP contribution in [0.25, 0.3) is 11.3 Å². The Morgan fingerprint density at radius 1 is 1.15 bits per heavy atom. The van der Waals surface area contributed by atoms with Crippen LogP contribution in [-0.2, 0) is 0 Å². The average molecular weight is 544 g/mol. The summed E-state index contributed by atoms with van der Waals surface area (Å²) in [5.41, 5.74) is 3.94. The van der Waals surface area contributed by atoms with Crippen LogP contribution in [0.1, 0.15) is 53.1 Å². The molecule has 0 fully saturated rings. The number of amides is 1. The number of rotatable bonds is 6. The number of ether oxygens (including phenoxy) is 1. The number of aromatic nitrogens is 4. The molecule has 1 aliphatic heterocycles. The lowest BCUT2D eigenvalue weighted by atomic mass is 10.0. The van der Waals surface area contributed by atoms with Crippen molar-refractivity contribution in [2.45, 2.75) is 25.9 Å². The van der Waals surface area contributed by atoms with Crippen LogP contribution in [0.2, 0.25) is 5.02 Å². The van der Waals surface area contributed by atoms with Crippen molar-refractivity contribution < 1.29 is 9.53 Å². The van der Waals surface area contributed by atoms with Crippen molar-refractivity contribution >= 4 is 29.1 Å². The zero-order valence-electron chi connectivity index (χ0n) is 22.1. The summed E-state index contributed by atoms with van der Waals surface area (Å²) in [5, 5.41) is 9.31. The fourth-order valence-corrected chi connectivity index (χ4v) is 5.09. The van der Waals surface area contributed by atoms with Crippen LogP contribution >= 0.6 is 11.6 Å². The van der Waals surface area contributed by atoms with Gasteiger partial charge < -0.3 is 19.2 Å². The number of nitriles is 1. The summed E-state index contributed by atoms with van der Waals surface area (Å²) in [4.78, 5) is 41.1. The number of nitrogens with zero attached hydrogens (tertiary/aromatic N) is 6. The van der Waals surface area contributed by atoms with Gasteiger partial charge in [0, 0.05) is 32.5 Å². The third-order valence-electron chi connectivity index (χ3n) is 6.65. The number of fused-ring (bicyclic) bond motifs is 1. The van der Waals surface area contributed by atoms with Gasteiger partial charge >= 0.3 is 0 Å². The highest BCUT2D eigenvalue weighted by atomic mass is 35.5. The molecule has 1 N–H and O–H groups in total. The van der Waals surface area contributed by atoms with E-state index in [1.54, 1.807) is 35.2 Å². The molecule has 1 atom stereocenters. The first-order valence-corrected chi connectivity index (χ1v) is 12.6. The van der Waals surface area contributed by atoms with Gasteiger partial charge in [0.05, 0.1) is 46.9 Å². The zero-order chi connectivity index (χ0) is 28.0. The molecule has 4 aromatic rings. The van der Waals surface area contributed by atoms with Crippen molar-refractivity contribution in [2.24, 2.45) is 0 Å². The highest BCUT2D eigenvalue weighted by Crippen LogP contribution is 2.47. The van der Waals surface area contributed by atoms with E-state index in [1.807, 2.05) is 46.1 Å². The van der Waals surface area contributed by atoms with Gasteiger partial charge in [-0.25, -0.2) is 4.98 Å².